The summed E-state index contributed by atoms with van der Waals surface area (Å²) >= 11 is 25.9. The number of anilines is 1. The third kappa shape index (κ3) is 4.06. The van der Waals surface area contributed by atoms with Gasteiger partial charge in [0.1, 0.15) is 17.0 Å². The minimum absolute atomic E-state index is 0.233. The van der Waals surface area contributed by atoms with Gasteiger partial charge in [0, 0.05) is 16.5 Å². The molecular formula is C20H11Cl4N3O2S. The Morgan fingerprint density at radius 3 is 2.47 bits per heavy atom. The number of nitrogens with zero attached hydrogens (tertiary/aromatic N) is 2. The first-order valence-electron chi connectivity index (χ1n) is 8.48. The summed E-state index contributed by atoms with van der Waals surface area (Å²) in [5.74, 6) is -0.102. The molecule has 0 radical (unpaired) electrons. The fourth-order valence-corrected chi connectivity index (χ4v) is 4.40. The quantitative estimate of drug-likeness (QED) is 0.314. The fourth-order valence-electron chi connectivity index (χ4n) is 2.81. The molecule has 0 saturated carbocycles. The molecule has 0 spiro atoms. The fraction of sp³-hybridized carbons (Fsp3) is 0.0500. The molecule has 2 aromatic carbocycles. The van der Waals surface area contributed by atoms with Crippen LogP contribution in [0.1, 0.15) is 16.1 Å². The normalized spacial score (nSPS) is 11.0. The van der Waals surface area contributed by atoms with Crippen LogP contribution >= 0.6 is 57.7 Å². The number of benzene rings is 2. The van der Waals surface area contributed by atoms with E-state index in [9.17, 15) is 4.79 Å². The van der Waals surface area contributed by atoms with Crippen LogP contribution in [0.4, 0.5) is 5.13 Å². The lowest BCUT2D eigenvalue weighted by atomic mass is 10.1. The van der Waals surface area contributed by atoms with Crippen LogP contribution in [-0.2, 0) is 0 Å². The van der Waals surface area contributed by atoms with Gasteiger partial charge in [-0.15, -0.1) is 11.3 Å². The number of nitrogens with one attached hydrogen (secondary N) is 1. The first kappa shape index (κ1) is 21.2. The lowest BCUT2D eigenvalue weighted by molar-refractivity contribution is 0.102. The van der Waals surface area contributed by atoms with Crippen molar-refractivity contribution in [3.63, 3.8) is 0 Å². The van der Waals surface area contributed by atoms with E-state index in [4.69, 9.17) is 50.9 Å². The average molecular weight is 499 g/mol. The molecule has 4 rings (SSSR count). The number of amides is 1. The minimum atomic E-state index is -0.435. The second kappa shape index (κ2) is 8.57. The van der Waals surface area contributed by atoms with Crippen LogP contribution in [0.5, 0.6) is 0 Å². The Bertz CT molecular complexity index is 1250. The van der Waals surface area contributed by atoms with Gasteiger partial charge < -0.3 is 4.52 Å². The van der Waals surface area contributed by atoms with Gasteiger partial charge in [-0.1, -0.05) is 63.7 Å². The molecule has 0 saturated heterocycles. The molecular weight excluding hydrogens is 488 g/mol. The summed E-state index contributed by atoms with van der Waals surface area (Å²) in [5.41, 5.74) is 2.37. The number of carbonyl (C=O) groups is 1. The molecule has 1 amide bonds. The third-order valence-electron chi connectivity index (χ3n) is 4.23. The number of rotatable bonds is 4. The van der Waals surface area contributed by atoms with Crippen molar-refractivity contribution in [3.05, 3.63) is 73.2 Å². The average Bonchev–Trinajstić information content (AvgIpc) is 3.31. The molecule has 10 heteroatoms. The molecule has 2 heterocycles. The molecule has 0 fully saturated rings. The second-order valence-electron chi connectivity index (χ2n) is 6.18. The Labute approximate surface area is 195 Å². The number of hydrogen-bond acceptors (Lipinski definition) is 5. The number of aromatic nitrogens is 2. The topological polar surface area (TPSA) is 68.0 Å². The van der Waals surface area contributed by atoms with Gasteiger partial charge in [0.05, 0.1) is 25.8 Å². The van der Waals surface area contributed by atoms with E-state index >= 15 is 0 Å². The van der Waals surface area contributed by atoms with E-state index in [2.05, 4.69) is 15.5 Å². The van der Waals surface area contributed by atoms with Crippen LogP contribution in [0.15, 0.2) is 46.3 Å². The summed E-state index contributed by atoms with van der Waals surface area (Å²) < 4.78 is 5.25. The van der Waals surface area contributed by atoms with Crippen molar-refractivity contribution in [2.24, 2.45) is 0 Å². The summed E-state index contributed by atoms with van der Waals surface area (Å²) in [6, 6.07) is 10.2. The SMILES string of the molecule is Cc1onc(-c2c(Cl)cccc2Cl)c1C(=O)Nc1nc(-c2ccc(Cl)c(Cl)c2)cs1. The van der Waals surface area contributed by atoms with Crippen molar-refractivity contribution >= 4 is 68.8 Å². The Morgan fingerprint density at radius 1 is 1.03 bits per heavy atom. The van der Waals surface area contributed by atoms with Crippen LogP contribution in [0.2, 0.25) is 20.1 Å². The molecule has 0 atom stereocenters. The van der Waals surface area contributed by atoms with Crippen molar-refractivity contribution in [2.75, 3.05) is 5.32 Å². The zero-order valence-electron chi connectivity index (χ0n) is 15.2. The molecule has 0 aliphatic carbocycles. The maximum atomic E-state index is 13.0. The van der Waals surface area contributed by atoms with Gasteiger partial charge in [-0.25, -0.2) is 4.98 Å². The van der Waals surface area contributed by atoms with Crippen molar-refractivity contribution < 1.29 is 9.32 Å². The van der Waals surface area contributed by atoms with Crippen LogP contribution in [0.3, 0.4) is 0 Å². The highest BCUT2D eigenvalue weighted by atomic mass is 35.5. The number of hydrogen-bond donors (Lipinski definition) is 1. The van der Waals surface area contributed by atoms with Crippen LogP contribution in [0.25, 0.3) is 22.5 Å². The summed E-state index contributed by atoms with van der Waals surface area (Å²) in [4.78, 5) is 17.4. The highest BCUT2D eigenvalue weighted by Crippen LogP contribution is 2.37. The first-order valence-corrected chi connectivity index (χ1v) is 10.9. The molecule has 0 aliphatic heterocycles. The van der Waals surface area contributed by atoms with Gasteiger partial charge in [-0.3, -0.25) is 10.1 Å². The maximum Gasteiger partial charge on any atom is 0.263 e. The number of thiazole rings is 1. The van der Waals surface area contributed by atoms with Gasteiger partial charge in [0.2, 0.25) is 0 Å². The van der Waals surface area contributed by atoms with Crippen LogP contribution < -0.4 is 5.32 Å². The van der Waals surface area contributed by atoms with Crippen LogP contribution in [-0.4, -0.2) is 16.0 Å². The number of carbonyl (C=O) groups excluding carboxylic acids is 1. The van der Waals surface area contributed by atoms with E-state index in [1.165, 1.54) is 11.3 Å². The highest BCUT2D eigenvalue weighted by molar-refractivity contribution is 7.14. The lowest BCUT2D eigenvalue weighted by Crippen LogP contribution is -2.13. The Balaban J connectivity index is 1.64. The zero-order valence-corrected chi connectivity index (χ0v) is 19.0. The molecule has 5 nitrogen and oxygen atoms in total. The summed E-state index contributed by atoms with van der Waals surface area (Å²) in [7, 11) is 0. The third-order valence-corrected chi connectivity index (χ3v) is 6.36. The smallest absolute Gasteiger partial charge is 0.263 e. The van der Waals surface area contributed by atoms with Gasteiger partial charge in [0.25, 0.3) is 5.91 Å². The molecule has 0 unspecified atom stereocenters. The first-order chi connectivity index (χ1) is 14.3. The predicted molar refractivity (Wildman–Crippen MR) is 122 cm³/mol. The van der Waals surface area contributed by atoms with Gasteiger partial charge in [0.15, 0.2) is 5.13 Å². The molecule has 0 aliphatic rings. The van der Waals surface area contributed by atoms with Crippen molar-refractivity contribution in [2.45, 2.75) is 6.92 Å². The number of halogens is 4. The van der Waals surface area contributed by atoms with E-state index < -0.39 is 5.91 Å². The van der Waals surface area contributed by atoms with E-state index in [-0.39, 0.29) is 11.3 Å². The maximum absolute atomic E-state index is 13.0. The Morgan fingerprint density at radius 2 is 1.77 bits per heavy atom. The molecule has 4 aromatic rings. The standard InChI is InChI=1S/C20H11Cl4N3O2S/c1-9-16(18(27-29-9)17-12(22)3-2-4-13(17)23)19(28)26-20-25-15(8-30-20)10-5-6-11(21)14(24)7-10/h2-8H,1H3,(H,25,26,28). The van der Waals surface area contributed by atoms with E-state index in [0.717, 1.165) is 5.56 Å². The van der Waals surface area contributed by atoms with Gasteiger partial charge in [-0.05, 0) is 31.2 Å². The molecule has 2 aromatic heterocycles. The largest absolute Gasteiger partial charge is 0.360 e. The Hall–Kier alpha value is -2.09. The van der Waals surface area contributed by atoms with E-state index in [0.29, 0.717) is 42.2 Å². The van der Waals surface area contributed by atoms with Crippen molar-refractivity contribution in [1.29, 1.82) is 0 Å². The molecule has 152 valence electrons. The van der Waals surface area contributed by atoms with Crippen molar-refractivity contribution in [3.8, 4) is 22.5 Å². The molecule has 0 bridgehead atoms. The van der Waals surface area contributed by atoms with Gasteiger partial charge in [-0.2, -0.15) is 0 Å². The lowest BCUT2D eigenvalue weighted by Gasteiger charge is -2.06. The second-order valence-corrected chi connectivity index (χ2v) is 8.67. The Kier molecular flexibility index (Phi) is 6.04. The van der Waals surface area contributed by atoms with E-state index in [1.807, 2.05) is 5.38 Å². The highest BCUT2D eigenvalue weighted by Gasteiger charge is 2.25. The molecule has 30 heavy (non-hydrogen) atoms. The van der Waals surface area contributed by atoms with E-state index in [1.54, 1.807) is 43.3 Å². The summed E-state index contributed by atoms with van der Waals surface area (Å²) in [6.07, 6.45) is 0. The molecule has 1 N–H and O–H groups in total. The number of aryl methyl sites for hydroxylation is 1. The van der Waals surface area contributed by atoms with Gasteiger partial charge >= 0.3 is 0 Å². The monoisotopic (exact) mass is 497 g/mol. The summed E-state index contributed by atoms with van der Waals surface area (Å²) in [5, 5.41) is 10.6. The minimum Gasteiger partial charge on any atom is -0.360 e. The summed E-state index contributed by atoms with van der Waals surface area (Å²) in [6.45, 7) is 1.64. The van der Waals surface area contributed by atoms with Crippen LogP contribution in [0, 0.1) is 6.92 Å². The van der Waals surface area contributed by atoms with Crippen molar-refractivity contribution in [1.82, 2.24) is 10.1 Å². The predicted octanol–water partition coefficient (Wildman–Crippen LogP) is 7.64. The zero-order chi connectivity index (χ0) is 21.4.